The lowest BCUT2D eigenvalue weighted by Gasteiger charge is -2.19. The zero-order valence-corrected chi connectivity index (χ0v) is 21.6. The molecule has 36 heavy (non-hydrogen) atoms. The highest BCUT2D eigenvalue weighted by Crippen LogP contribution is 2.26. The average Bonchev–Trinajstić information content (AvgIpc) is 2.76. The van der Waals surface area contributed by atoms with Crippen molar-refractivity contribution in [3.8, 4) is 0 Å². The quantitative estimate of drug-likeness (QED) is 0.139. The van der Waals surface area contributed by atoms with E-state index in [1.165, 1.54) is 12.1 Å². The van der Waals surface area contributed by atoms with Crippen LogP contribution in [0.2, 0.25) is 0 Å². The number of benzene rings is 1. The Morgan fingerprint density at radius 2 is 1.44 bits per heavy atom. The number of nitrogens with one attached hydrogen (secondary N) is 2. The van der Waals surface area contributed by atoms with Gasteiger partial charge in [-0.15, -0.1) is 0 Å². The van der Waals surface area contributed by atoms with Crippen molar-refractivity contribution in [2.24, 2.45) is 5.14 Å². The van der Waals surface area contributed by atoms with Crippen LogP contribution >= 0.6 is 0 Å². The molecule has 1 amide bonds. The minimum atomic E-state index is -4.04. The van der Waals surface area contributed by atoms with Crippen LogP contribution in [0.4, 0.5) is 16.2 Å². The molecular weight excluding hydrogens is 500 g/mol. The summed E-state index contributed by atoms with van der Waals surface area (Å²) in [6.45, 7) is 8.80. The number of hydrogen-bond donors (Lipinski definition) is 3. The number of sulfonamides is 1. The number of primary sulfonamides is 1. The molecule has 1 aromatic carbocycles. The average molecular weight is 537 g/mol. The Labute approximate surface area is 210 Å². The fraction of sp³-hybridized carbons (Fsp3) is 0.667. The fourth-order valence-electron chi connectivity index (χ4n) is 2.55. The lowest BCUT2D eigenvalue weighted by atomic mass is 10.2. The van der Waals surface area contributed by atoms with Crippen molar-refractivity contribution >= 4 is 27.5 Å². The van der Waals surface area contributed by atoms with E-state index in [0.29, 0.717) is 52.8 Å². The summed E-state index contributed by atoms with van der Waals surface area (Å²) in [6, 6.07) is 3.38. The van der Waals surface area contributed by atoms with Gasteiger partial charge in [-0.3, -0.25) is 10.1 Å². The second kappa shape index (κ2) is 16.2. The molecule has 0 saturated carbocycles. The van der Waals surface area contributed by atoms with Gasteiger partial charge in [0.15, 0.2) is 0 Å². The number of nitrogens with zero attached hydrogens (tertiary/aromatic N) is 1. The summed E-state index contributed by atoms with van der Waals surface area (Å²) in [5.74, 6) is 0. The SMILES string of the molecule is CC(C)(C)OC(=O)NCCOCCOCCOCCOCCNc1ccc(S(N)(=O)=O)cc1[N+](=O)[O-]. The molecule has 0 saturated heterocycles. The van der Waals surface area contributed by atoms with E-state index in [2.05, 4.69) is 10.6 Å². The standard InChI is InChI=1S/C21H36N4O10S/c1-21(2,3)35-20(26)24-7-9-32-11-13-34-15-14-33-12-10-31-8-6-23-18-5-4-17(36(22,29)30)16-19(18)25(27)28/h4-5,16,23H,6-15H2,1-3H3,(H,24,26)(H2,22,29,30). The van der Waals surface area contributed by atoms with Gasteiger partial charge in [0.2, 0.25) is 10.0 Å². The van der Waals surface area contributed by atoms with E-state index in [1.807, 2.05) is 0 Å². The first-order valence-electron chi connectivity index (χ1n) is 11.2. The van der Waals surface area contributed by atoms with Crippen LogP contribution in [0, 0.1) is 10.1 Å². The van der Waals surface area contributed by atoms with Crippen LogP contribution in [0.1, 0.15) is 20.8 Å². The van der Waals surface area contributed by atoms with E-state index in [-0.39, 0.29) is 23.7 Å². The number of ether oxygens (including phenoxy) is 5. The zero-order valence-electron chi connectivity index (χ0n) is 20.8. The summed E-state index contributed by atoms with van der Waals surface area (Å²) in [5.41, 5.74) is -0.773. The third-order valence-electron chi connectivity index (χ3n) is 4.09. The smallest absolute Gasteiger partial charge is 0.407 e. The molecule has 1 rings (SSSR count). The molecule has 14 nitrogen and oxygen atoms in total. The lowest BCUT2D eigenvalue weighted by Crippen LogP contribution is -2.34. The largest absolute Gasteiger partial charge is 0.444 e. The van der Waals surface area contributed by atoms with Gasteiger partial charge in [0.25, 0.3) is 5.69 Å². The molecule has 0 aliphatic heterocycles. The third-order valence-corrected chi connectivity index (χ3v) is 5.00. The first kappa shape index (κ1) is 31.5. The maximum absolute atomic E-state index is 11.4. The molecule has 206 valence electrons. The van der Waals surface area contributed by atoms with Gasteiger partial charge in [0.1, 0.15) is 11.3 Å². The number of nitrogens with two attached hydrogens (primary N) is 1. The number of alkyl carbamates (subject to hydrolysis) is 1. The highest BCUT2D eigenvalue weighted by atomic mass is 32.2. The molecule has 0 fully saturated rings. The maximum atomic E-state index is 11.4. The zero-order chi connectivity index (χ0) is 27.0. The summed E-state index contributed by atoms with van der Waals surface area (Å²) < 4.78 is 49.3. The minimum Gasteiger partial charge on any atom is -0.444 e. The van der Waals surface area contributed by atoms with Gasteiger partial charge in [0.05, 0.1) is 62.7 Å². The van der Waals surface area contributed by atoms with E-state index >= 15 is 0 Å². The summed E-state index contributed by atoms with van der Waals surface area (Å²) in [4.78, 5) is 21.6. The molecule has 0 aliphatic carbocycles. The number of carbonyl (C=O) groups excluding carboxylic acids is 1. The maximum Gasteiger partial charge on any atom is 0.407 e. The van der Waals surface area contributed by atoms with Gasteiger partial charge >= 0.3 is 6.09 Å². The highest BCUT2D eigenvalue weighted by Gasteiger charge is 2.19. The molecule has 0 heterocycles. The Morgan fingerprint density at radius 3 is 1.92 bits per heavy atom. The normalized spacial score (nSPS) is 11.8. The summed E-state index contributed by atoms with van der Waals surface area (Å²) in [7, 11) is -4.04. The number of hydrogen-bond acceptors (Lipinski definition) is 11. The molecule has 15 heteroatoms. The van der Waals surface area contributed by atoms with Crippen molar-refractivity contribution in [2.45, 2.75) is 31.3 Å². The van der Waals surface area contributed by atoms with E-state index in [4.69, 9.17) is 28.8 Å². The van der Waals surface area contributed by atoms with Crippen LogP contribution in [0.5, 0.6) is 0 Å². The molecule has 0 atom stereocenters. The molecule has 0 spiro atoms. The molecule has 4 N–H and O–H groups in total. The second-order valence-electron chi connectivity index (χ2n) is 8.29. The fourth-order valence-corrected chi connectivity index (χ4v) is 3.08. The third kappa shape index (κ3) is 14.8. The van der Waals surface area contributed by atoms with Gasteiger partial charge in [-0.1, -0.05) is 0 Å². The van der Waals surface area contributed by atoms with Crippen LogP contribution in [-0.2, 0) is 33.7 Å². The van der Waals surface area contributed by atoms with Gasteiger partial charge in [-0.25, -0.2) is 18.4 Å². The number of anilines is 1. The van der Waals surface area contributed by atoms with Gasteiger partial charge in [-0.05, 0) is 32.9 Å². The Morgan fingerprint density at radius 1 is 0.944 bits per heavy atom. The van der Waals surface area contributed by atoms with Crippen LogP contribution < -0.4 is 15.8 Å². The van der Waals surface area contributed by atoms with Gasteiger partial charge in [0, 0.05) is 19.2 Å². The molecule has 0 bridgehead atoms. The first-order valence-corrected chi connectivity index (χ1v) is 12.8. The molecule has 0 aromatic heterocycles. The van der Waals surface area contributed by atoms with Crippen molar-refractivity contribution in [3.63, 3.8) is 0 Å². The molecule has 0 radical (unpaired) electrons. The Kier molecular flexibility index (Phi) is 14.2. The van der Waals surface area contributed by atoms with Crippen molar-refractivity contribution in [3.05, 3.63) is 28.3 Å². The first-order chi connectivity index (χ1) is 16.9. The van der Waals surface area contributed by atoms with E-state index in [9.17, 15) is 23.3 Å². The van der Waals surface area contributed by atoms with Crippen LogP contribution in [0.3, 0.4) is 0 Å². The predicted octanol–water partition coefficient (Wildman–Crippen LogP) is 1.25. The number of carbonyl (C=O) groups is 1. The lowest BCUT2D eigenvalue weighted by molar-refractivity contribution is -0.384. The highest BCUT2D eigenvalue weighted by molar-refractivity contribution is 7.89. The number of amides is 1. The van der Waals surface area contributed by atoms with Crippen LogP contribution in [0.25, 0.3) is 0 Å². The number of nitro groups is 1. The van der Waals surface area contributed by atoms with E-state index in [0.717, 1.165) is 6.07 Å². The predicted molar refractivity (Wildman–Crippen MR) is 130 cm³/mol. The van der Waals surface area contributed by atoms with Crippen molar-refractivity contribution in [2.75, 3.05) is 71.3 Å². The molecule has 1 aromatic rings. The van der Waals surface area contributed by atoms with Crippen molar-refractivity contribution in [1.29, 1.82) is 0 Å². The van der Waals surface area contributed by atoms with Crippen LogP contribution in [-0.4, -0.2) is 91.0 Å². The van der Waals surface area contributed by atoms with E-state index in [1.54, 1.807) is 20.8 Å². The molecule has 0 unspecified atom stereocenters. The van der Waals surface area contributed by atoms with Gasteiger partial charge < -0.3 is 34.3 Å². The van der Waals surface area contributed by atoms with Crippen molar-refractivity contribution in [1.82, 2.24) is 5.32 Å². The summed E-state index contributed by atoms with van der Waals surface area (Å²) in [6.07, 6.45) is -0.485. The Balaban J connectivity index is 1.99. The van der Waals surface area contributed by atoms with Crippen LogP contribution in [0.15, 0.2) is 23.1 Å². The Hall–Kier alpha value is -2.56. The molecule has 0 aliphatic rings. The van der Waals surface area contributed by atoms with Gasteiger partial charge in [-0.2, -0.15) is 0 Å². The van der Waals surface area contributed by atoms with E-state index < -0.39 is 32.3 Å². The summed E-state index contributed by atoms with van der Waals surface area (Å²) in [5, 5.41) is 21.6. The topological polar surface area (TPSA) is 191 Å². The monoisotopic (exact) mass is 536 g/mol. The Bertz CT molecular complexity index is 922. The number of nitro benzene ring substituents is 1. The molecular formula is C21H36N4O10S. The minimum absolute atomic E-state index is 0.160. The summed E-state index contributed by atoms with van der Waals surface area (Å²) >= 11 is 0. The number of rotatable bonds is 18. The van der Waals surface area contributed by atoms with Crippen molar-refractivity contribution < 1.29 is 41.8 Å². The second-order valence-corrected chi connectivity index (χ2v) is 9.85.